The molecule has 0 aromatic heterocycles. The van der Waals surface area contributed by atoms with Gasteiger partial charge in [0, 0.05) is 18.3 Å². The van der Waals surface area contributed by atoms with Crippen LogP contribution in [0.25, 0.3) is 0 Å². The Morgan fingerprint density at radius 2 is 2.17 bits per heavy atom. The molecule has 0 unspecified atom stereocenters. The standard InChI is InChI=1S/C9H17NO2/c1-3-4-5-6-10-7-8(2)9(11)12/h7,10H,3-6H2,1-2H3,(H,11,12). The van der Waals surface area contributed by atoms with Gasteiger partial charge in [-0.3, -0.25) is 0 Å². The van der Waals surface area contributed by atoms with Gasteiger partial charge in [-0.15, -0.1) is 0 Å². The second-order valence-corrected chi connectivity index (χ2v) is 2.79. The van der Waals surface area contributed by atoms with E-state index in [9.17, 15) is 4.79 Å². The lowest BCUT2D eigenvalue weighted by Gasteiger charge is -1.99. The summed E-state index contributed by atoms with van der Waals surface area (Å²) in [4.78, 5) is 10.3. The van der Waals surface area contributed by atoms with E-state index in [1.54, 1.807) is 13.1 Å². The summed E-state index contributed by atoms with van der Waals surface area (Å²) >= 11 is 0. The first-order chi connectivity index (χ1) is 5.68. The maximum Gasteiger partial charge on any atom is 0.332 e. The van der Waals surface area contributed by atoms with Gasteiger partial charge in [0.15, 0.2) is 0 Å². The van der Waals surface area contributed by atoms with Crippen molar-refractivity contribution < 1.29 is 9.90 Å². The number of hydrogen-bond donors (Lipinski definition) is 2. The first kappa shape index (κ1) is 11.0. The lowest BCUT2D eigenvalue weighted by atomic mass is 10.2. The van der Waals surface area contributed by atoms with Gasteiger partial charge in [-0.25, -0.2) is 4.79 Å². The second-order valence-electron chi connectivity index (χ2n) is 2.79. The van der Waals surface area contributed by atoms with Gasteiger partial charge >= 0.3 is 5.97 Å². The molecule has 3 nitrogen and oxygen atoms in total. The van der Waals surface area contributed by atoms with E-state index in [1.807, 2.05) is 0 Å². The monoisotopic (exact) mass is 171 g/mol. The largest absolute Gasteiger partial charge is 0.478 e. The Balaban J connectivity index is 3.40. The third-order valence-corrected chi connectivity index (χ3v) is 1.58. The van der Waals surface area contributed by atoms with E-state index >= 15 is 0 Å². The molecule has 0 amide bonds. The highest BCUT2D eigenvalue weighted by molar-refractivity contribution is 5.85. The summed E-state index contributed by atoms with van der Waals surface area (Å²) in [5, 5.41) is 11.4. The molecule has 70 valence electrons. The van der Waals surface area contributed by atoms with E-state index in [-0.39, 0.29) is 0 Å². The lowest BCUT2D eigenvalue weighted by Crippen LogP contribution is -2.10. The van der Waals surface area contributed by atoms with Gasteiger partial charge in [0.1, 0.15) is 0 Å². The number of rotatable bonds is 6. The summed E-state index contributed by atoms with van der Waals surface area (Å²) in [6, 6.07) is 0. The number of hydrogen-bond acceptors (Lipinski definition) is 2. The summed E-state index contributed by atoms with van der Waals surface area (Å²) in [5.41, 5.74) is 0.353. The van der Waals surface area contributed by atoms with E-state index in [1.165, 1.54) is 12.8 Å². The smallest absolute Gasteiger partial charge is 0.332 e. The molecule has 0 spiro atoms. The molecule has 0 fully saturated rings. The quantitative estimate of drug-likeness (QED) is 0.473. The topological polar surface area (TPSA) is 49.3 Å². The van der Waals surface area contributed by atoms with E-state index in [2.05, 4.69) is 12.2 Å². The number of carboxylic acids is 1. The molecule has 0 saturated heterocycles. The molecule has 0 saturated carbocycles. The van der Waals surface area contributed by atoms with Crippen molar-refractivity contribution in [3.05, 3.63) is 11.8 Å². The molecule has 2 N–H and O–H groups in total. The van der Waals surface area contributed by atoms with Crippen molar-refractivity contribution >= 4 is 5.97 Å². The summed E-state index contributed by atoms with van der Waals surface area (Å²) in [6.45, 7) is 4.58. The van der Waals surface area contributed by atoms with Crippen LogP contribution in [0, 0.1) is 0 Å². The minimum Gasteiger partial charge on any atom is -0.478 e. The Labute approximate surface area is 73.5 Å². The van der Waals surface area contributed by atoms with Crippen molar-refractivity contribution in [3.8, 4) is 0 Å². The van der Waals surface area contributed by atoms with Gasteiger partial charge in [-0.2, -0.15) is 0 Å². The maximum absolute atomic E-state index is 10.3. The molecule has 0 aliphatic carbocycles. The van der Waals surface area contributed by atoms with Crippen LogP contribution in [0.1, 0.15) is 33.1 Å². The van der Waals surface area contributed by atoms with E-state index < -0.39 is 5.97 Å². The number of nitrogens with one attached hydrogen (secondary N) is 1. The fourth-order valence-electron chi connectivity index (χ4n) is 0.764. The van der Waals surface area contributed by atoms with Crippen molar-refractivity contribution in [2.24, 2.45) is 0 Å². The van der Waals surface area contributed by atoms with Gasteiger partial charge in [-0.05, 0) is 13.3 Å². The summed E-state index contributed by atoms with van der Waals surface area (Å²) in [7, 11) is 0. The Bertz CT molecular complexity index is 164. The van der Waals surface area contributed by atoms with Crippen molar-refractivity contribution in [3.63, 3.8) is 0 Å². The van der Waals surface area contributed by atoms with E-state index in [0.29, 0.717) is 5.57 Å². The molecule has 0 radical (unpaired) electrons. The molecule has 0 aromatic carbocycles. The van der Waals surface area contributed by atoms with Crippen LogP contribution >= 0.6 is 0 Å². The zero-order chi connectivity index (χ0) is 9.40. The number of unbranched alkanes of at least 4 members (excludes halogenated alkanes) is 2. The third kappa shape index (κ3) is 5.77. The van der Waals surface area contributed by atoms with Crippen molar-refractivity contribution in [2.75, 3.05) is 6.54 Å². The molecule has 12 heavy (non-hydrogen) atoms. The highest BCUT2D eigenvalue weighted by Crippen LogP contribution is 1.92. The summed E-state index contributed by atoms with van der Waals surface area (Å²) in [5.74, 6) is -0.863. The lowest BCUT2D eigenvalue weighted by molar-refractivity contribution is -0.132. The molecule has 0 atom stereocenters. The predicted octanol–water partition coefficient (Wildman–Crippen LogP) is 1.75. The fraction of sp³-hybridized carbons (Fsp3) is 0.667. The van der Waals surface area contributed by atoms with Crippen LogP contribution in [-0.2, 0) is 4.79 Å². The zero-order valence-corrected chi connectivity index (χ0v) is 7.76. The average molecular weight is 171 g/mol. The maximum atomic E-state index is 10.3. The number of carboxylic acid groups (broad SMARTS) is 1. The van der Waals surface area contributed by atoms with Crippen LogP contribution in [-0.4, -0.2) is 17.6 Å². The van der Waals surface area contributed by atoms with Gasteiger partial charge < -0.3 is 10.4 Å². The molecule has 0 aliphatic rings. The van der Waals surface area contributed by atoms with Crippen LogP contribution in [0.2, 0.25) is 0 Å². The highest BCUT2D eigenvalue weighted by Gasteiger charge is 1.96. The van der Waals surface area contributed by atoms with E-state index in [0.717, 1.165) is 13.0 Å². The van der Waals surface area contributed by atoms with Gasteiger partial charge in [0.05, 0.1) is 0 Å². The third-order valence-electron chi connectivity index (χ3n) is 1.58. The van der Waals surface area contributed by atoms with Crippen molar-refractivity contribution in [2.45, 2.75) is 33.1 Å². The number of aliphatic carboxylic acids is 1. The Morgan fingerprint density at radius 3 is 2.67 bits per heavy atom. The van der Waals surface area contributed by atoms with E-state index in [4.69, 9.17) is 5.11 Å². The van der Waals surface area contributed by atoms with Crippen molar-refractivity contribution in [1.29, 1.82) is 0 Å². The molecule has 0 bridgehead atoms. The first-order valence-corrected chi connectivity index (χ1v) is 4.32. The fourth-order valence-corrected chi connectivity index (χ4v) is 0.764. The zero-order valence-electron chi connectivity index (χ0n) is 7.76. The average Bonchev–Trinajstić information content (AvgIpc) is 2.03. The predicted molar refractivity (Wildman–Crippen MR) is 48.9 cm³/mol. The minimum atomic E-state index is -0.863. The molecule has 0 aromatic rings. The van der Waals surface area contributed by atoms with Crippen molar-refractivity contribution in [1.82, 2.24) is 5.32 Å². The van der Waals surface area contributed by atoms with Crippen LogP contribution < -0.4 is 5.32 Å². The van der Waals surface area contributed by atoms with Gasteiger partial charge in [-0.1, -0.05) is 19.8 Å². The molecule has 3 heteroatoms. The summed E-state index contributed by atoms with van der Waals surface area (Å²) in [6.07, 6.45) is 5.02. The Kier molecular flexibility index (Phi) is 6.15. The highest BCUT2D eigenvalue weighted by atomic mass is 16.4. The first-order valence-electron chi connectivity index (χ1n) is 4.32. The molecule has 0 heterocycles. The number of carbonyl (C=O) groups is 1. The van der Waals surface area contributed by atoms with Crippen LogP contribution in [0.4, 0.5) is 0 Å². The normalized spacial score (nSPS) is 11.3. The molecular weight excluding hydrogens is 154 g/mol. The molecular formula is C9H17NO2. The van der Waals surface area contributed by atoms with Gasteiger partial charge in [0.25, 0.3) is 0 Å². The molecule has 0 rings (SSSR count). The SMILES string of the molecule is CCCCCNC=C(C)C(=O)O. The van der Waals surface area contributed by atoms with Crippen LogP contribution in [0.5, 0.6) is 0 Å². The van der Waals surface area contributed by atoms with Crippen LogP contribution in [0.3, 0.4) is 0 Å². The Hall–Kier alpha value is -0.990. The Morgan fingerprint density at radius 1 is 1.50 bits per heavy atom. The molecule has 0 aliphatic heterocycles. The summed E-state index contributed by atoms with van der Waals surface area (Å²) < 4.78 is 0. The van der Waals surface area contributed by atoms with Gasteiger partial charge in [0.2, 0.25) is 0 Å². The minimum absolute atomic E-state index is 0.353. The second kappa shape index (κ2) is 6.70. The van der Waals surface area contributed by atoms with Crippen LogP contribution in [0.15, 0.2) is 11.8 Å².